The van der Waals surface area contributed by atoms with Gasteiger partial charge in [0.25, 0.3) is 0 Å². The number of alkyl halides is 1. The Morgan fingerprint density at radius 1 is 0.944 bits per heavy atom. The van der Waals surface area contributed by atoms with E-state index < -0.39 is 10.1 Å². The second-order valence-corrected chi connectivity index (χ2v) is 5.70. The number of hydrogen-bond acceptors (Lipinski definition) is 3. The van der Waals surface area contributed by atoms with Crippen molar-refractivity contribution in [2.24, 2.45) is 0 Å². The number of hydrogen-bond donors (Lipinski definition) is 0. The summed E-state index contributed by atoms with van der Waals surface area (Å²) in [6.45, 7) is 0. The summed E-state index contributed by atoms with van der Waals surface area (Å²) in [6, 6.07) is 15.1. The fraction of sp³-hybridized carbons (Fsp3) is 0.0769. The van der Waals surface area contributed by atoms with Crippen LogP contribution in [0, 0.1) is 0 Å². The van der Waals surface area contributed by atoms with Gasteiger partial charge in [-0.2, -0.15) is 8.42 Å². The molecule has 94 valence electrons. The highest BCUT2D eigenvalue weighted by Gasteiger charge is 2.17. The maximum Gasteiger partial charge on any atom is 0.339 e. The Kier molecular flexibility index (Phi) is 4.04. The normalized spacial score (nSPS) is 11.2. The van der Waals surface area contributed by atoms with E-state index in [2.05, 4.69) is 15.9 Å². The molecule has 0 saturated heterocycles. The summed E-state index contributed by atoms with van der Waals surface area (Å²) in [5, 5.41) is 0.535. The van der Waals surface area contributed by atoms with Crippen LogP contribution >= 0.6 is 15.9 Å². The Bertz CT molecular complexity index is 624. The third-order valence-corrected chi connectivity index (χ3v) is 4.20. The highest BCUT2D eigenvalue weighted by atomic mass is 79.9. The molecule has 0 aliphatic heterocycles. The highest BCUT2D eigenvalue weighted by molar-refractivity contribution is 9.08. The maximum absolute atomic E-state index is 12.0. The molecule has 0 bridgehead atoms. The zero-order valence-corrected chi connectivity index (χ0v) is 11.8. The Morgan fingerprint density at radius 3 is 2.22 bits per heavy atom. The summed E-state index contributed by atoms with van der Waals surface area (Å²) < 4.78 is 29.2. The first kappa shape index (κ1) is 13.1. The van der Waals surface area contributed by atoms with E-state index in [1.54, 1.807) is 30.3 Å². The molecule has 2 rings (SSSR count). The first-order chi connectivity index (χ1) is 8.63. The van der Waals surface area contributed by atoms with Gasteiger partial charge in [0.1, 0.15) is 10.6 Å². The lowest BCUT2D eigenvalue weighted by Gasteiger charge is -2.09. The molecule has 0 amide bonds. The zero-order chi connectivity index (χ0) is 13.0. The monoisotopic (exact) mass is 326 g/mol. The smallest absolute Gasteiger partial charge is 0.339 e. The Morgan fingerprint density at radius 2 is 1.56 bits per heavy atom. The van der Waals surface area contributed by atoms with Crippen LogP contribution in [0.2, 0.25) is 0 Å². The van der Waals surface area contributed by atoms with Crippen molar-refractivity contribution < 1.29 is 12.6 Å². The van der Waals surface area contributed by atoms with Crippen LogP contribution in [0.15, 0.2) is 59.5 Å². The summed E-state index contributed by atoms with van der Waals surface area (Å²) in [5.41, 5.74) is 0.789. The lowest BCUT2D eigenvalue weighted by atomic mass is 10.2. The van der Waals surface area contributed by atoms with Gasteiger partial charge < -0.3 is 4.18 Å². The molecule has 0 unspecified atom stereocenters. The van der Waals surface area contributed by atoms with Gasteiger partial charge in [-0.3, -0.25) is 0 Å². The van der Waals surface area contributed by atoms with E-state index >= 15 is 0 Å². The van der Waals surface area contributed by atoms with Gasteiger partial charge in [-0.1, -0.05) is 52.3 Å². The standard InChI is InChI=1S/C13H11BrO3S/c14-10-11-6-4-5-9-13(11)17-18(15,16)12-7-2-1-3-8-12/h1-9H,10H2. The van der Waals surface area contributed by atoms with Crippen molar-refractivity contribution in [3.63, 3.8) is 0 Å². The van der Waals surface area contributed by atoms with Gasteiger partial charge in [0, 0.05) is 10.9 Å². The number of rotatable bonds is 4. The van der Waals surface area contributed by atoms with Crippen LogP contribution in [0.1, 0.15) is 5.56 Å². The van der Waals surface area contributed by atoms with Gasteiger partial charge in [-0.05, 0) is 18.2 Å². The topological polar surface area (TPSA) is 43.4 Å². The van der Waals surface area contributed by atoms with Crippen molar-refractivity contribution in [1.82, 2.24) is 0 Å². The molecule has 0 radical (unpaired) electrons. The Labute approximate surface area is 115 Å². The predicted molar refractivity (Wildman–Crippen MR) is 73.3 cm³/mol. The van der Waals surface area contributed by atoms with Crippen LogP contribution in [0.4, 0.5) is 0 Å². The number of para-hydroxylation sites is 1. The summed E-state index contributed by atoms with van der Waals surface area (Å²) >= 11 is 3.30. The van der Waals surface area contributed by atoms with E-state index in [0.29, 0.717) is 11.1 Å². The molecular formula is C13H11BrO3S. The van der Waals surface area contributed by atoms with Gasteiger partial charge in [0.05, 0.1) is 0 Å². The summed E-state index contributed by atoms with van der Waals surface area (Å²) in [6.07, 6.45) is 0. The fourth-order valence-electron chi connectivity index (χ4n) is 1.45. The molecule has 0 spiro atoms. The van der Waals surface area contributed by atoms with E-state index in [9.17, 15) is 8.42 Å². The molecule has 3 nitrogen and oxygen atoms in total. The summed E-state index contributed by atoms with van der Waals surface area (Å²) in [5.74, 6) is 0.346. The molecule has 0 fully saturated rings. The molecule has 2 aromatic carbocycles. The van der Waals surface area contributed by atoms with Crippen molar-refractivity contribution in [3.05, 3.63) is 60.2 Å². The van der Waals surface area contributed by atoms with Gasteiger partial charge in [0.15, 0.2) is 0 Å². The van der Waals surface area contributed by atoms with Crippen LogP contribution in [0.5, 0.6) is 5.75 Å². The minimum Gasteiger partial charge on any atom is -0.379 e. The van der Waals surface area contributed by atoms with Crippen LogP contribution in [0.25, 0.3) is 0 Å². The first-order valence-electron chi connectivity index (χ1n) is 5.27. The fourth-order valence-corrected chi connectivity index (χ4v) is 2.90. The lowest BCUT2D eigenvalue weighted by Crippen LogP contribution is -2.10. The predicted octanol–water partition coefficient (Wildman–Crippen LogP) is 3.35. The first-order valence-corrected chi connectivity index (χ1v) is 7.80. The molecule has 0 aliphatic rings. The molecular weight excluding hydrogens is 316 g/mol. The molecule has 0 N–H and O–H groups in total. The third-order valence-electron chi connectivity index (χ3n) is 2.35. The highest BCUT2D eigenvalue weighted by Crippen LogP contribution is 2.24. The van der Waals surface area contributed by atoms with Crippen molar-refractivity contribution in [2.75, 3.05) is 0 Å². The van der Waals surface area contributed by atoms with Crippen LogP contribution < -0.4 is 4.18 Å². The molecule has 0 aromatic heterocycles. The molecule has 0 saturated carbocycles. The minimum absolute atomic E-state index is 0.148. The van der Waals surface area contributed by atoms with E-state index in [0.717, 1.165) is 5.56 Å². The molecule has 5 heteroatoms. The lowest BCUT2D eigenvalue weighted by molar-refractivity contribution is 0.484. The Balaban J connectivity index is 2.34. The quantitative estimate of drug-likeness (QED) is 0.639. The Hall–Kier alpha value is -1.33. The molecule has 2 aromatic rings. The van der Waals surface area contributed by atoms with E-state index in [4.69, 9.17) is 4.18 Å². The molecule has 0 atom stereocenters. The molecule has 0 heterocycles. The van der Waals surface area contributed by atoms with Gasteiger partial charge in [0.2, 0.25) is 0 Å². The second kappa shape index (κ2) is 5.54. The maximum atomic E-state index is 12.0. The summed E-state index contributed by atoms with van der Waals surface area (Å²) in [7, 11) is -3.77. The van der Waals surface area contributed by atoms with E-state index in [1.165, 1.54) is 12.1 Å². The summed E-state index contributed by atoms with van der Waals surface area (Å²) in [4.78, 5) is 0.148. The van der Waals surface area contributed by atoms with Gasteiger partial charge in [-0.25, -0.2) is 0 Å². The van der Waals surface area contributed by atoms with Gasteiger partial charge >= 0.3 is 10.1 Å². The van der Waals surface area contributed by atoms with Crippen molar-refractivity contribution in [3.8, 4) is 5.75 Å². The average molecular weight is 327 g/mol. The van der Waals surface area contributed by atoms with E-state index in [-0.39, 0.29) is 4.90 Å². The zero-order valence-electron chi connectivity index (χ0n) is 9.41. The number of halogens is 1. The molecule has 18 heavy (non-hydrogen) atoms. The average Bonchev–Trinajstić information content (AvgIpc) is 2.40. The van der Waals surface area contributed by atoms with Crippen molar-refractivity contribution >= 4 is 26.0 Å². The SMILES string of the molecule is O=S(=O)(Oc1ccccc1CBr)c1ccccc1. The van der Waals surface area contributed by atoms with Crippen molar-refractivity contribution in [2.45, 2.75) is 10.2 Å². The van der Waals surface area contributed by atoms with E-state index in [1.807, 2.05) is 12.1 Å². The third kappa shape index (κ3) is 2.91. The largest absolute Gasteiger partial charge is 0.379 e. The van der Waals surface area contributed by atoms with Crippen LogP contribution in [-0.4, -0.2) is 8.42 Å². The molecule has 0 aliphatic carbocycles. The van der Waals surface area contributed by atoms with Crippen molar-refractivity contribution in [1.29, 1.82) is 0 Å². The number of benzene rings is 2. The van der Waals surface area contributed by atoms with Crippen LogP contribution in [-0.2, 0) is 15.4 Å². The van der Waals surface area contributed by atoms with Gasteiger partial charge in [-0.15, -0.1) is 0 Å². The second-order valence-electron chi connectivity index (χ2n) is 3.59. The minimum atomic E-state index is -3.77. The van der Waals surface area contributed by atoms with Crippen LogP contribution in [0.3, 0.4) is 0 Å².